The molecule has 23 heavy (non-hydrogen) atoms. The Bertz CT molecular complexity index is 736. The Kier molecular flexibility index (Phi) is 5.40. The molecule has 1 aromatic carbocycles. The van der Waals surface area contributed by atoms with E-state index in [2.05, 4.69) is 11.0 Å². The molecule has 0 bridgehead atoms. The lowest BCUT2D eigenvalue weighted by molar-refractivity contribution is 0.187. The third-order valence-corrected chi connectivity index (χ3v) is 6.53. The van der Waals surface area contributed by atoms with E-state index in [9.17, 15) is 4.79 Å². The second-order valence-corrected chi connectivity index (χ2v) is 7.95. The summed E-state index contributed by atoms with van der Waals surface area (Å²) in [6.07, 6.45) is 8.02. The van der Waals surface area contributed by atoms with Gasteiger partial charge in [-0.15, -0.1) is 23.7 Å². The van der Waals surface area contributed by atoms with Gasteiger partial charge in [0.25, 0.3) is 0 Å². The molecule has 2 nitrogen and oxygen atoms in total. The number of fused-ring (bicyclic) bond motifs is 2. The Morgan fingerprint density at radius 1 is 1.13 bits per heavy atom. The lowest BCUT2D eigenvalue weighted by Gasteiger charge is -2.32. The Labute approximate surface area is 147 Å². The zero-order chi connectivity index (χ0) is 14.9. The van der Waals surface area contributed by atoms with Gasteiger partial charge in [-0.25, -0.2) is 0 Å². The summed E-state index contributed by atoms with van der Waals surface area (Å²) >= 11 is 1.82. The predicted molar refractivity (Wildman–Crippen MR) is 101 cm³/mol. The molecule has 1 saturated carbocycles. The first-order chi connectivity index (χ1) is 10.8. The summed E-state index contributed by atoms with van der Waals surface area (Å²) in [4.78, 5) is 16.6. The minimum atomic E-state index is 0. The van der Waals surface area contributed by atoms with Crippen molar-refractivity contribution in [2.75, 3.05) is 13.1 Å². The predicted octanol–water partition coefficient (Wildman–Crippen LogP) is 4.62. The maximum atomic E-state index is 12.8. The normalized spacial score (nSPS) is 19.3. The van der Waals surface area contributed by atoms with Crippen LogP contribution in [0, 0.1) is 5.92 Å². The zero-order valence-electron chi connectivity index (χ0n) is 13.4. The van der Waals surface area contributed by atoms with Crippen LogP contribution in [0.4, 0.5) is 0 Å². The molecular formula is C19H24ClNOS. The third kappa shape index (κ3) is 3.47. The van der Waals surface area contributed by atoms with Crippen molar-refractivity contribution in [2.24, 2.45) is 5.92 Å². The van der Waals surface area contributed by atoms with Gasteiger partial charge in [0.05, 0.1) is 0 Å². The summed E-state index contributed by atoms with van der Waals surface area (Å²) in [5.41, 5.74) is 1.35. The van der Waals surface area contributed by atoms with Crippen molar-refractivity contribution in [1.82, 2.24) is 4.90 Å². The van der Waals surface area contributed by atoms with E-state index in [1.165, 1.54) is 43.5 Å². The molecule has 1 aromatic heterocycles. The van der Waals surface area contributed by atoms with Crippen molar-refractivity contribution in [3.8, 4) is 0 Å². The van der Waals surface area contributed by atoms with Gasteiger partial charge in [-0.1, -0.05) is 31.4 Å². The van der Waals surface area contributed by atoms with Gasteiger partial charge >= 0.3 is 0 Å². The molecule has 4 rings (SSSR count). The van der Waals surface area contributed by atoms with Crippen LogP contribution in [0.2, 0.25) is 0 Å². The Hall–Kier alpha value is -0.900. The van der Waals surface area contributed by atoms with Gasteiger partial charge in [0.15, 0.2) is 5.43 Å². The average molecular weight is 350 g/mol. The zero-order valence-corrected chi connectivity index (χ0v) is 15.1. The van der Waals surface area contributed by atoms with Gasteiger partial charge in [0, 0.05) is 40.2 Å². The van der Waals surface area contributed by atoms with Crippen LogP contribution in [-0.4, -0.2) is 18.0 Å². The monoisotopic (exact) mass is 349 g/mol. The maximum Gasteiger partial charge on any atom is 0.192 e. The summed E-state index contributed by atoms with van der Waals surface area (Å²) in [7, 11) is 0. The highest BCUT2D eigenvalue weighted by Crippen LogP contribution is 2.29. The SMILES string of the molecule is Cl.O=c1c2c(sc3ccccc13)CCN(CC1CCCCC1)C2. The van der Waals surface area contributed by atoms with Crippen molar-refractivity contribution in [3.05, 3.63) is 44.9 Å². The van der Waals surface area contributed by atoms with E-state index in [-0.39, 0.29) is 17.8 Å². The Morgan fingerprint density at radius 3 is 2.74 bits per heavy atom. The third-order valence-electron chi connectivity index (χ3n) is 5.25. The molecular weight excluding hydrogens is 326 g/mol. The van der Waals surface area contributed by atoms with Gasteiger partial charge in [-0.2, -0.15) is 0 Å². The molecule has 0 N–H and O–H groups in total. The fraction of sp³-hybridized carbons (Fsp3) is 0.526. The van der Waals surface area contributed by atoms with Crippen molar-refractivity contribution >= 4 is 33.8 Å². The van der Waals surface area contributed by atoms with Crippen LogP contribution in [0.25, 0.3) is 10.1 Å². The minimum Gasteiger partial charge on any atom is -0.298 e. The van der Waals surface area contributed by atoms with E-state index in [1.807, 2.05) is 29.5 Å². The average Bonchev–Trinajstić information content (AvgIpc) is 2.57. The van der Waals surface area contributed by atoms with Crippen LogP contribution in [0.5, 0.6) is 0 Å². The van der Waals surface area contributed by atoms with Crippen LogP contribution in [0.1, 0.15) is 42.5 Å². The fourth-order valence-corrected chi connectivity index (χ4v) is 5.20. The van der Waals surface area contributed by atoms with Gasteiger partial charge in [-0.3, -0.25) is 9.69 Å². The Morgan fingerprint density at radius 2 is 1.91 bits per heavy atom. The minimum absolute atomic E-state index is 0. The van der Waals surface area contributed by atoms with Crippen LogP contribution < -0.4 is 5.43 Å². The molecule has 0 unspecified atom stereocenters. The Balaban J connectivity index is 0.00000156. The molecule has 1 aliphatic heterocycles. The summed E-state index contributed by atoms with van der Waals surface area (Å²) in [6.45, 7) is 3.18. The maximum absolute atomic E-state index is 12.8. The number of hydrogen-bond donors (Lipinski definition) is 0. The van der Waals surface area contributed by atoms with Gasteiger partial charge in [0.1, 0.15) is 0 Å². The molecule has 2 heterocycles. The lowest BCUT2D eigenvalue weighted by Crippen LogP contribution is -2.37. The standard InChI is InChI=1S/C19H23NOS.ClH/c21-19-15-8-4-5-9-17(15)22-18-10-11-20(13-16(18)19)12-14-6-2-1-3-7-14;/h4-5,8-9,14H,1-3,6-7,10-13H2;1H. The molecule has 0 atom stereocenters. The van der Waals surface area contributed by atoms with Crippen molar-refractivity contribution < 1.29 is 0 Å². The summed E-state index contributed by atoms with van der Waals surface area (Å²) in [6, 6.07) is 8.07. The molecule has 124 valence electrons. The molecule has 0 radical (unpaired) electrons. The summed E-state index contributed by atoms with van der Waals surface area (Å²) in [5, 5.41) is 0.908. The van der Waals surface area contributed by atoms with E-state index in [4.69, 9.17) is 0 Å². The first-order valence-electron chi connectivity index (χ1n) is 8.57. The number of hydrogen-bond acceptors (Lipinski definition) is 3. The topological polar surface area (TPSA) is 20.3 Å². The van der Waals surface area contributed by atoms with E-state index in [0.29, 0.717) is 0 Å². The molecule has 0 saturated heterocycles. The number of benzene rings is 1. The molecule has 4 heteroatoms. The van der Waals surface area contributed by atoms with Gasteiger partial charge < -0.3 is 0 Å². The van der Waals surface area contributed by atoms with E-state index < -0.39 is 0 Å². The molecule has 0 amide bonds. The molecule has 0 spiro atoms. The van der Waals surface area contributed by atoms with E-state index in [0.717, 1.165) is 41.1 Å². The highest BCUT2D eigenvalue weighted by atomic mass is 35.5. The number of rotatable bonds is 2. The van der Waals surface area contributed by atoms with Crippen molar-refractivity contribution in [1.29, 1.82) is 0 Å². The van der Waals surface area contributed by atoms with E-state index in [1.54, 1.807) is 0 Å². The number of nitrogens with zero attached hydrogens (tertiary/aromatic N) is 1. The molecule has 1 fully saturated rings. The second kappa shape index (κ2) is 7.33. The summed E-state index contributed by atoms with van der Waals surface area (Å²) in [5.74, 6) is 0.856. The molecule has 1 aliphatic carbocycles. The smallest absolute Gasteiger partial charge is 0.192 e. The second-order valence-electron chi connectivity index (χ2n) is 6.82. The van der Waals surface area contributed by atoms with Crippen LogP contribution in [0.15, 0.2) is 29.1 Å². The first kappa shape index (κ1) is 16.9. The van der Waals surface area contributed by atoms with E-state index >= 15 is 0 Å². The quantitative estimate of drug-likeness (QED) is 0.788. The highest BCUT2D eigenvalue weighted by molar-refractivity contribution is 7.18. The molecule has 2 aromatic rings. The molecule has 2 aliphatic rings. The van der Waals surface area contributed by atoms with Crippen molar-refractivity contribution in [3.63, 3.8) is 0 Å². The summed E-state index contributed by atoms with van der Waals surface area (Å²) < 4.78 is 1.15. The van der Waals surface area contributed by atoms with Crippen molar-refractivity contribution in [2.45, 2.75) is 45.1 Å². The lowest BCUT2D eigenvalue weighted by atomic mass is 9.88. The largest absolute Gasteiger partial charge is 0.298 e. The van der Waals surface area contributed by atoms with Crippen LogP contribution in [-0.2, 0) is 13.0 Å². The first-order valence-corrected chi connectivity index (χ1v) is 9.39. The van der Waals surface area contributed by atoms with Crippen LogP contribution >= 0.6 is 23.7 Å². The highest BCUT2D eigenvalue weighted by Gasteiger charge is 2.24. The number of halogens is 1. The van der Waals surface area contributed by atoms with Gasteiger partial charge in [0.2, 0.25) is 0 Å². The fourth-order valence-electron chi connectivity index (χ4n) is 4.04. The van der Waals surface area contributed by atoms with Crippen LogP contribution in [0.3, 0.4) is 0 Å². The van der Waals surface area contributed by atoms with Gasteiger partial charge in [-0.05, 0) is 37.3 Å².